The molecule has 1 amide bonds. The maximum absolute atomic E-state index is 13.2. The van der Waals surface area contributed by atoms with Crippen molar-refractivity contribution in [1.82, 2.24) is 29.3 Å². The molecule has 1 aromatic carbocycles. The zero-order valence-electron chi connectivity index (χ0n) is 23.4. The van der Waals surface area contributed by atoms with Gasteiger partial charge in [0, 0.05) is 56.4 Å². The van der Waals surface area contributed by atoms with Crippen LogP contribution in [0, 0.1) is 0 Å². The molecule has 3 fully saturated rings. The second kappa shape index (κ2) is 11.1. The van der Waals surface area contributed by atoms with Crippen LogP contribution < -0.4 is 4.90 Å². The first-order valence-electron chi connectivity index (χ1n) is 14.7. The monoisotopic (exact) mass is 573 g/mol. The second-order valence-electron chi connectivity index (χ2n) is 11.1. The first-order valence-corrected chi connectivity index (χ1v) is 15.5. The van der Waals surface area contributed by atoms with Gasteiger partial charge in [-0.05, 0) is 31.0 Å². The molecule has 4 aromatic rings. The zero-order chi connectivity index (χ0) is 27.9. The van der Waals surface area contributed by atoms with Gasteiger partial charge < -0.3 is 14.5 Å². The van der Waals surface area contributed by atoms with E-state index in [4.69, 9.17) is 19.7 Å². The predicted molar refractivity (Wildman–Crippen MR) is 159 cm³/mol. The molecule has 10 nitrogen and oxygen atoms in total. The Hall–Kier alpha value is -3.41. The maximum Gasteiger partial charge on any atom is 0.238 e. The molecule has 3 aromatic heterocycles. The van der Waals surface area contributed by atoms with Crippen LogP contribution in [0.3, 0.4) is 0 Å². The Morgan fingerprint density at radius 3 is 2.56 bits per heavy atom. The molecule has 11 heteroatoms. The minimum Gasteiger partial charge on any atom is -0.378 e. The number of aryl methyl sites for hydroxylation is 1. The lowest BCUT2D eigenvalue weighted by Gasteiger charge is -2.39. The number of morpholine rings is 1. The summed E-state index contributed by atoms with van der Waals surface area (Å²) in [6.45, 7) is 7.55. The summed E-state index contributed by atoms with van der Waals surface area (Å²) in [6, 6.07) is 10.6. The molecule has 1 aliphatic carbocycles. The minimum absolute atomic E-state index is 0.156. The van der Waals surface area contributed by atoms with Crippen LogP contribution in [0.4, 0.5) is 5.82 Å². The summed E-state index contributed by atoms with van der Waals surface area (Å²) in [6.07, 6.45) is 3.80. The summed E-state index contributed by atoms with van der Waals surface area (Å²) in [5, 5.41) is 0. The Kier molecular flexibility index (Phi) is 7.18. The van der Waals surface area contributed by atoms with Crippen molar-refractivity contribution < 1.29 is 14.3 Å². The minimum atomic E-state index is 0.156. The molecular weight excluding hydrogens is 538 g/mol. The Balaban J connectivity index is 1.20. The first kappa shape index (κ1) is 26.5. The highest BCUT2D eigenvalue weighted by Crippen LogP contribution is 2.35. The number of thiophene rings is 1. The maximum atomic E-state index is 13.2. The van der Waals surface area contributed by atoms with E-state index in [1.165, 1.54) is 0 Å². The van der Waals surface area contributed by atoms with Crippen LogP contribution in [-0.2, 0) is 27.3 Å². The third kappa shape index (κ3) is 5.11. The van der Waals surface area contributed by atoms with Crippen molar-refractivity contribution in [3.8, 4) is 5.95 Å². The van der Waals surface area contributed by atoms with Gasteiger partial charge in [0.05, 0.1) is 47.6 Å². The Morgan fingerprint density at radius 2 is 1.78 bits per heavy atom. The van der Waals surface area contributed by atoms with Gasteiger partial charge in [-0.25, -0.2) is 9.97 Å². The number of carbonyl (C=O) groups excluding carboxylic acids is 2. The number of aromatic nitrogens is 4. The number of carbonyl (C=O) groups is 2. The van der Waals surface area contributed by atoms with E-state index in [9.17, 15) is 9.59 Å². The topological polar surface area (TPSA) is 96.7 Å². The van der Waals surface area contributed by atoms with Crippen LogP contribution >= 0.6 is 11.3 Å². The number of imidazole rings is 1. The van der Waals surface area contributed by atoms with E-state index in [0.717, 1.165) is 76.7 Å². The first-order chi connectivity index (χ1) is 20.1. The number of ketones is 1. The third-order valence-corrected chi connectivity index (χ3v) is 9.68. The smallest absolute Gasteiger partial charge is 0.238 e. The van der Waals surface area contributed by atoms with Gasteiger partial charge in [-0.1, -0.05) is 19.1 Å². The quantitative estimate of drug-likeness (QED) is 0.345. The molecule has 0 spiro atoms. The molecule has 7 rings (SSSR count). The van der Waals surface area contributed by atoms with Crippen LogP contribution in [0.25, 0.3) is 27.2 Å². The van der Waals surface area contributed by atoms with Crippen LogP contribution in [0.15, 0.2) is 30.3 Å². The number of anilines is 1. The largest absolute Gasteiger partial charge is 0.378 e. The normalized spacial score (nSPS) is 19.6. The van der Waals surface area contributed by atoms with E-state index < -0.39 is 0 Å². The van der Waals surface area contributed by atoms with Gasteiger partial charge in [-0.3, -0.25) is 19.1 Å². The predicted octanol–water partition coefficient (Wildman–Crippen LogP) is 3.59. The number of nitrogens with zero attached hydrogens (tertiary/aromatic N) is 7. The molecule has 3 aliphatic rings. The lowest BCUT2D eigenvalue weighted by molar-refractivity contribution is -0.138. The van der Waals surface area contributed by atoms with Gasteiger partial charge in [0.15, 0.2) is 5.82 Å². The number of hydrogen-bond donors (Lipinski definition) is 0. The molecule has 0 radical (unpaired) electrons. The standard InChI is InChI=1S/C30H35N7O3S/c1-2-26-31-23-5-3-4-6-25(23)37(26)30-32-24-17-22(41-28(24)29(33-30)34-13-15-40-16-14-34)18-36-12-11-35(19-27(36)39)20-7-9-21(38)10-8-20/h3-6,17,20H,2,7-16,18-19H2,1H3. The molecule has 0 atom stereocenters. The summed E-state index contributed by atoms with van der Waals surface area (Å²) in [4.78, 5) is 47.6. The van der Waals surface area contributed by atoms with Gasteiger partial charge in [0.1, 0.15) is 11.6 Å². The van der Waals surface area contributed by atoms with Crippen molar-refractivity contribution in [2.45, 2.75) is 51.6 Å². The number of benzene rings is 1. The molecule has 2 aliphatic heterocycles. The van der Waals surface area contributed by atoms with Crippen molar-refractivity contribution >= 4 is 50.1 Å². The summed E-state index contributed by atoms with van der Waals surface area (Å²) in [7, 11) is 0. The SMILES string of the molecule is CCc1nc2ccccc2n1-c1nc(N2CCOCC2)c2sc(CN3CCN(C4CCC(=O)CC4)CC3=O)cc2n1. The number of ether oxygens (including phenoxy) is 1. The highest BCUT2D eigenvalue weighted by atomic mass is 32.1. The summed E-state index contributed by atoms with van der Waals surface area (Å²) in [5.74, 6) is 2.99. The number of hydrogen-bond acceptors (Lipinski definition) is 9. The molecular formula is C30H35N7O3S. The van der Waals surface area contributed by atoms with Crippen molar-refractivity contribution in [3.63, 3.8) is 0 Å². The highest BCUT2D eigenvalue weighted by Gasteiger charge is 2.31. The average Bonchev–Trinajstić information content (AvgIpc) is 3.59. The van der Waals surface area contributed by atoms with Gasteiger partial charge in [-0.2, -0.15) is 4.98 Å². The van der Waals surface area contributed by atoms with E-state index in [2.05, 4.69) is 33.4 Å². The number of amides is 1. The van der Waals surface area contributed by atoms with Crippen molar-refractivity contribution in [1.29, 1.82) is 0 Å². The Morgan fingerprint density at radius 1 is 0.976 bits per heavy atom. The zero-order valence-corrected chi connectivity index (χ0v) is 24.2. The van der Waals surface area contributed by atoms with Crippen LogP contribution in [0.5, 0.6) is 0 Å². The fourth-order valence-electron chi connectivity index (χ4n) is 6.34. The lowest BCUT2D eigenvalue weighted by atomic mass is 9.93. The van der Waals surface area contributed by atoms with E-state index in [0.29, 0.717) is 63.5 Å². The van der Waals surface area contributed by atoms with Crippen molar-refractivity contribution in [3.05, 3.63) is 41.0 Å². The Labute approximate surface area is 242 Å². The number of para-hydroxylation sites is 2. The van der Waals surface area contributed by atoms with E-state index in [1.807, 2.05) is 23.1 Å². The molecule has 1 saturated carbocycles. The van der Waals surface area contributed by atoms with Crippen LogP contribution in [0.2, 0.25) is 0 Å². The van der Waals surface area contributed by atoms with Gasteiger partial charge >= 0.3 is 0 Å². The molecule has 5 heterocycles. The molecule has 2 saturated heterocycles. The van der Waals surface area contributed by atoms with E-state index in [-0.39, 0.29) is 5.91 Å². The van der Waals surface area contributed by atoms with Crippen molar-refractivity contribution in [2.75, 3.05) is 50.8 Å². The Bertz CT molecular complexity index is 1600. The second-order valence-corrected chi connectivity index (χ2v) is 12.3. The molecule has 214 valence electrons. The van der Waals surface area contributed by atoms with E-state index >= 15 is 0 Å². The van der Waals surface area contributed by atoms with Gasteiger partial charge in [0.25, 0.3) is 0 Å². The summed E-state index contributed by atoms with van der Waals surface area (Å²) < 4.78 is 8.77. The van der Waals surface area contributed by atoms with Gasteiger partial charge in [0.2, 0.25) is 11.9 Å². The molecule has 0 N–H and O–H groups in total. The number of piperazine rings is 1. The van der Waals surface area contributed by atoms with Gasteiger partial charge in [-0.15, -0.1) is 11.3 Å². The van der Waals surface area contributed by atoms with E-state index in [1.54, 1.807) is 11.3 Å². The van der Waals surface area contributed by atoms with Crippen molar-refractivity contribution in [2.24, 2.45) is 0 Å². The molecule has 41 heavy (non-hydrogen) atoms. The summed E-state index contributed by atoms with van der Waals surface area (Å²) in [5.41, 5.74) is 2.83. The fraction of sp³-hybridized carbons (Fsp3) is 0.500. The molecule has 0 bridgehead atoms. The number of rotatable bonds is 6. The molecule has 0 unspecified atom stereocenters. The average molecular weight is 574 g/mol. The summed E-state index contributed by atoms with van der Waals surface area (Å²) >= 11 is 1.68. The fourth-order valence-corrected chi connectivity index (χ4v) is 7.47. The lowest BCUT2D eigenvalue weighted by Crippen LogP contribution is -2.53. The van der Waals surface area contributed by atoms with Crippen LogP contribution in [-0.4, -0.2) is 93.0 Å². The highest BCUT2D eigenvalue weighted by molar-refractivity contribution is 7.19. The third-order valence-electron chi connectivity index (χ3n) is 8.57. The number of fused-ring (bicyclic) bond motifs is 2. The van der Waals surface area contributed by atoms with Crippen LogP contribution in [0.1, 0.15) is 43.3 Å². The number of Topliss-reactive ketones (excluding diaryl/α,β-unsaturated/α-hetero) is 1.